The highest BCUT2D eigenvalue weighted by molar-refractivity contribution is 6.14. The zero-order valence-electron chi connectivity index (χ0n) is 14.3. The molecule has 0 bridgehead atoms. The third-order valence-corrected chi connectivity index (χ3v) is 5.05. The summed E-state index contributed by atoms with van der Waals surface area (Å²) in [4.78, 5) is 3.41. The number of benzene rings is 4. The lowest BCUT2D eigenvalue weighted by molar-refractivity contribution is 0.415. The van der Waals surface area contributed by atoms with Crippen molar-refractivity contribution < 1.29 is 9.84 Å². The first kappa shape index (κ1) is 14.8. The quantitative estimate of drug-likeness (QED) is 0.423. The van der Waals surface area contributed by atoms with E-state index >= 15 is 0 Å². The molecule has 0 aliphatic carbocycles. The number of aromatic hydroxyl groups is 1. The third-order valence-electron chi connectivity index (χ3n) is 5.05. The molecule has 1 aromatic heterocycles. The Bertz CT molecular complexity index is 1280. The summed E-state index contributed by atoms with van der Waals surface area (Å²) in [6.45, 7) is 0. The van der Waals surface area contributed by atoms with Gasteiger partial charge in [0.05, 0.1) is 12.6 Å². The largest absolute Gasteiger partial charge is 0.507 e. The van der Waals surface area contributed by atoms with Crippen molar-refractivity contribution in [2.24, 2.45) is 0 Å². The molecule has 0 aliphatic rings. The highest BCUT2D eigenvalue weighted by Gasteiger charge is 2.15. The van der Waals surface area contributed by atoms with Gasteiger partial charge in [-0.15, -0.1) is 0 Å². The molecule has 3 nitrogen and oxygen atoms in total. The number of aromatic nitrogens is 1. The number of H-pyrrole nitrogens is 1. The first-order chi connectivity index (χ1) is 12.8. The van der Waals surface area contributed by atoms with E-state index in [-0.39, 0.29) is 5.75 Å². The molecule has 4 aromatic carbocycles. The van der Waals surface area contributed by atoms with Gasteiger partial charge in [-0.1, -0.05) is 42.5 Å². The molecule has 26 heavy (non-hydrogen) atoms. The zero-order valence-corrected chi connectivity index (χ0v) is 14.3. The van der Waals surface area contributed by atoms with Gasteiger partial charge in [0, 0.05) is 28.1 Å². The Labute approximate surface area is 150 Å². The van der Waals surface area contributed by atoms with Crippen molar-refractivity contribution in [1.82, 2.24) is 4.98 Å². The van der Waals surface area contributed by atoms with Crippen molar-refractivity contribution in [3.8, 4) is 22.6 Å². The third kappa shape index (κ3) is 2.07. The zero-order chi connectivity index (χ0) is 17.7. The predicted molar refractivity (Wildman–Crippen MR) is 107 cm³/mol. The number of rotatable bonds is 2. The van der Waals surface area contributed by atoms with Gasteiger partial charge in [-0.2, -0.15) is 0 Å². The number of phenolic OH excluding ortho intramolecular Hbond substituents is 1. The number of ether oxygens (including phenoxy) is 1. The maximum absolute atomic E-state index is 10.6. The number of phenols is 1. The molecule has 1 heterocycles. The second-order valence-corrected chi connectivity index (χ2v) is 6.46. The number of fused-ring (bicyclic) bond motifs is 4. The predicted octanol–water partition coefficient (Wildman–Crippen LogP) is 5.86. The van der Waals surface area contributed by atoms with Crippen molar-refractivity contribution in [1.29, 1.82) is 0 Å². The summed E-state index contributed by atoms with van der Waals surface area (Å²) < 4.78 is 5.33. The van der Waals surface area contributed by atoms with E-state index in [4.69, 9.17) is 4.74 Å². The average Bonchev–Trinajstić information content (AvgIpc) is 3.11. The number of methoxy groups -OCH3 is 1. The molecule has 0 radical (unpaired) electrons. The number of hydrogen-bond donors (Lipinski definition) is 2. The monoisotopic (exact) mass is 339 g/mol. The van der Waals surface area contributed by atoms with E-state index in [9.17, 15) is 5.11 Å². The lowest BCUT2D eigenvalue weighted by Crippen LogP contribution is -1.85. The summed E-state index contributed by atoms with van der Waals surface area (Å²) in [7, 11) is 1.66. The van der Waals surface area contributed by atoms with Gasteiger partial charge in [0.25, 0.3) is 0 Å². The second-order valence-electron chi connectivity index (χ2n) is 6.46. The smallest absolute Gasteiger partial charge is 0.124 e. The van der Waals surface area contributed by atoms with E-state index in [0.29, 0.717) is 0 Å². The van der Waals surface area contributed by atoms with Gasteiger partial charge in [0.1, 0.15) is 11.5 Å². The summed E-state index contributed by atoms with van der Waals surface area (Å²) in [5, 5.41) is 16.1. The van der Waals surface area contributed by atoms with Crippen LogP contribution in [0, 0.1) is 0 Å². The fraction of sp³-hybridized carbons (Fsp3) is 0.0435. The molecule has 0 aliphatic heterocycles. The van der Waals surface area contributed by atoms with Crippen LogP contribution in [0.25, 0.3) is 43.6 Å². The van der Waals surface area contributed by atoms with Gasteiger partial charge in [-0.25, -0.2) is 0 Å². The Kier molecular flexibility index (Phi) is 3.16. The second kappa shape index (κ2) is 5.53. The summed E-state index contributed by atoms with van der Waals surface area (Å²) >= 11 is 0. The molecular weight excluding hydrogens is 322 g/mol. The summed E-state index contributed by atoms with van der Waals surface area (Å²) in [6.07, 6.45) is 1.98. The summed E-state index contributed by atoms with van der Waals surface area (Å²) in [5.41, 5.74) is 2.92. The molecule has 2 N–H and O–H groups in total. The van der Waals surface area contributed by atoms with Crippen LogP contribution in [0.1, 0.15) is 0 Å². The number of nitrogens with one attached hydrogen (secondary N) is 1. The normalized spacial score (nSPS) is 11.4. The molecule has 0 saturated carbocycles. The van der Waals surface area contributed by atoms with Crippen LogP contribution in [0.4, 0.5) is 0 Å². The van der Waals surface area contributed by atoms with Crippen molar-refractivity contribution in [2.45, 2.75) is 0 Å². The fourth-order valence-electron chi connectivity index (χ4n) is 3.79. The SMILES string of the molecule is COc1ccc2c(-c3c[nH]c4c3ccc3ccccc34)c(O)ccc2c1. The van der Waals surface area contributed by atoms with E-state index in [0.717, 1.165) is 38.6 Å². The number of hydrogen-bond acceptors (Lipinski definition) is 2. The summed E-state index contributed by atoms with van der Waals surface area (Å²) in [6, 6.07) is 22.1. The van der Waals surface area contributed by atoms with E-state index in [1.165, 1.54) is 10.8 Å². The van der Waals surface area contributed by atoms with Crippen molar-refractivity contribution in [2.75, 3.05) is 7.11 Å². The Morgan fingerprint density at radius 3 is 2.50 bits per heavy atom. The van der Waals surface area contributed by atoms with Crippen LogP contribution in [0.2, 0.25) is 0 Å². The van der Waals surface area contributed by atoms with Crippen LogP contribution in [0.15, 0.2) is 72.9 Å². The summed E-state index contributed by atoms with van der Waals surface area (Å²) in [5.74, 6) is 1.08. The highest BCUT2D eigenvalue weighted by Crippen LogP contribution is 2.41. The van der Waals surface area contributed by atoms with Crippen LogP contribution >= 0.6 is 0 Å². The minimum Gasteiger partial charge on any atom is -0.507 e. The minimum absolute atomic E-state index is 0.275. The molecular formula is C23H17NO2. The van der Waals surface area contributed by atoms with Gasteiger partial charge in [-0.05, 0) is 40.4 Å². The van der Waals surface area contributed by atoms with Crippen LogP contribution in [0.5, 0.6) is 11.5 Å². The van der Waals surface area contributed by atoms with Crippen LogP contribution in [-0.2, 0) is 0 Å². The molecule has 0 fully saturated rings. The van der Waals surface area contributed by atoms with Crippen LogP contribution in [0.3, 0.4) is 0 Å². The molecule has 0 unspecified atom stereocenters. The fourth-order valence-corrected chi connectivity index (χ4v) is 3.79. The Balaban J connectivity index is 1.85. The minimum atomic E-state index is 0.275. The molecule has 5 aromatic rings. The van der Waals surface area contributed by atoms with Gasteiger partial charge >= 0.3 is 0 Å². The van der Waals surface area contributed by atoms with Crippen LogP contribution < -0.4 is 4.74 Å². The van der Waals surface area contributed by atoms with E-state index in [2.05, 4.69) is 29.2 Å². The Morgan fingerprint density at radius 2 is 1.62 bits per heavy atom. The number of aromatic amines is 1. The maximum atomic E-state index is 10.6. The lowest BCUT2D eigenvalue weighted by atomic mass is 9.95. The molecule has 0 spiro atoms. The Morgan fingerprint density at radius 1 is 0.808 bits per heavy atom. The van der Waals surface area contributed by atoms with Gasteiger partial charge < -0.3 is 14.8 Å². The lowest BCUT2D eigenvalue weighted by Gasteiger charge is -2.10. The maximum Gasteiger partial charge on any atom is 0.124 e. The van der Waals surface area contributed by atoms with Crippen LogP contribution in [-0.4, -0.2) is 17.2 Å². The topological polar surface area (TPSA) is 45.2 Å². The first-order valence-electron chi connectivity index (χ1n) is 8.55. The average molecular weight is 339 g/mol. The molecule has 0 amide bonds. The molecule has 3 heteroatoms. The van der Waals surface area contributed by atoms with E-state index < -0.39 is 0 Å². The standard InChI is InChI=1S/C23H17NO2/c1-26-16-8-10-17-15(12-16)7-11-21(25)22(17)20-13-24-23-18-5-3-2-4-14(18)6-9-19(20)23/h2-13,24-25H,1H3. The molecule has 0 saturated heterocycles. The van der Waals surface area contributed by atoms with Gasteiger partial charge in [0.2, 0.25) is 0 Å². The first-order valence-corrected chi connectivity index (χ1v) is 8.55. The van der Waals surface area contributed by atoms with Gasteiger partial charge in [0.15, 0.2) is 0 Å². The van der Waals surface area contributed by atoms with Crippen molar-refractivity contribution >= 4 is 32.4 Å². The highest BCUT2D eigenvalue weighted by atomic mass is 16.5. The van der Waals surface area contributed by atoms with Crippen molar-refractivity contribution in [3.63, 3.8) is 0 Å². The van der Waals surface area contributed by atoms with E-state index in [1.54, 1.807) is 13.2 Å². The van der Waals surface area contributed by atoms with Gasteiger partial charge in [-0.3, -0.25) is 0 Å². The van der Waals surface area contributed by atoms with Crippen molar-refractivity contribution in [3.05, 3.63) is 72.9 Å². The Hall–Kier alpha value is -3.46. The molecule has 5 rings (SSSR count). The molecule has 126 valence electrons. The molecule has 0 atom stereocenters. The van der Waals surface area contributed by atoms with E-state index in [1.807, 2.05) is 42.6 Å².